The van der Waals surface area contributed by atoms with Gasteiger partial charge in [0.2, 0.25) is 11.7 Å². The highest BCUT2D eigenvalue weighted by atomic mass is 19.1. The molecule has 8 nitrogen and oxygen atoms in total. The fourth-order valence-corrected chi connectivity index (χ4v) is 4.12. The second-order valence-electron chi connectivity index (χ2n) is 7.91. The minimum atomic E-state index is -0.462. The van der Waals surface area contributed by atoms with Crippen LogP contribution in [0.4, 0.5) is 4.39 Å². The number of benzene rings is 3. The quantitative estimate of drug-likeness (QED) is 0.417. The van der Waals surface area contributed by atoms with Crippen LogP contribution in [0, 0.1) is 5.82 Å². The number of fused-ring (bicyclic) bond motifs is 1. The van der Waals surface area contributed by atoms with E-state index in [-0.39, 0.29) is 24.7 Å². The van der Waals surface area contributed by atoms with Gasteiger partial charge < -0.3 is 19.5 Å². The van der Waals surface area contributed by atoms with Crippen molar-refractivity contribution in [2.45, 2.75) is 20.0 Å². The molecule has 3 aromatic carbocycles. The number of nitrogens with zero attached hydrogens (tertiary/aromatic N) is 2. The third-order valence-electron chi connectivity index (χ3n) is 5.72. The summed E-state index contributed by atoms with van der Waals surface area (Å²) in [5, 5.41) is 2.76. The van der Waals surface area contributed by atoms with Crippen LogP contribution in [0.5, 0.6) is 17.2 Å². The molecule has 4 aromatic rings. The lowest BCUT2D eigenvalue weighted by atomic mass is 10.1. The maximum atomic E-state index is 14.3. The molecule has 0 aliphatic rings. The van der Waals surface area contributed by atoms with Crippen LogP contribution in [0.25, 0.3) is 16.7 Å². The number of aromatic nitrogens is 2. The summed E-state index contributed by atoms with van der Waals surface area (Å²) in [6, 6.07) is 15.0. The molecule has 0 saturated heterocycles. The number of carbonyl (C=O) groups excluding carboxylic acids is 1. The molecular formula is C26H26FN3O5. The fourth-order valence-electron chi connectivity index (χ4n) is 4.12. The largest absolute Gasteiger partial charge is 0.493 e. The number of carbonyl (C=O) groups is 1. The molecule has 0 radical (unpaired) electrons. The van der Waals surface area contributed by atoms with Gasteiger partial charge in [-0.05, 0) is 41.5 Å². The molecule has 0 aliphatic carbocycles. The first-order chi connectivity index (χ1) is 16.9. The molecule has 1 N–H and O–H groups in total. The molecule has 9 heteroatoms. The van der Waals surface area contributed by atoms with Crippen LogP contribution >= 0.6 is 0 Å². The third kappa shape index (κ3) is 4.57. The van der Waals surface area contributed by atoms with Crippen molar-refractivity contribution >= 4 is 16.9 Å². The Bertz CT molecular complexity index is 1430. The normalized spacial score (nSPS) is 10.9. The summed E-state index contributed by atoms with van der Waals surface area (Å²) < 4.78 is 33.6. The van der Waals surface area contributed by atoms with Crippen LogP contribution in [0.3, 0.4) is 0 Å². The Kier molecular flexibility index (Phi) is 6.77. The summed E-state index contributed by atoms with van der Waals surface area (Å²) in [7, 11) is 4.56. The maximum Gasteiger partial charge on any atom is 0.334 e. The molecule has 182 valence electrons. The molecule has 0 unspecified atom stereocenters. The number of rotatable bonds is 8. The average molecular weight is 480 g/mol. The number of amides is 1. The zero-order valence-electron chi connectivity index (χ0n) is 19.9. The molecule has 35 heavy (non-hydrogen) atoms. The number of nitrogens with one attached hydrogen (secondary N) is 1. The van der Waals surface area contributed by atoms with Crippen molar-refractivity contribution in [2.24, 2.45) is 0 Å². The highest BCUT2D eigenvalue weighted by molar-refractivity contribution is 5.79. The summed E-state index contributed by atoms with van der Waals surface area (Å²) in [5.74, 6) is 0.719. The van der Waals surface area contributed by atoms with Gasteiger partial charge in [-0.15, -0.1) is 0 Å². The van der Waals surface area contributed by atoms with Gasteiger partial charge in [-0.2, -0.15) is 0 Å². The number of methoxy groups -OCH3 is 3. The summed E-state index contributed by atoms with van der Waals surface area (Å²) in [4.78, 5) is 25.2. The average Bonchev–Trinajstić information content (AvgIpc) is 3.12. The predicted molar refractivity (Wildman–Crippen MR) is 130 cm³/mol. The molecule has 0 bridgehead atoms. The van der Waals surface area contributed by atoms with E-state index in [2.05, 4.69) is 5.32 Å². The smallest absolute Gasteiger partial charge is 0.334 e. The van der Waals surface area contributed by atoms with Gasteiger partial charge in [0.05, 0.1) is 44.6 Å². The Morgan fingerprint density at radius 1 is 0.943 bits per heavy atom. The molecule has 1 aromatic heterocycles. The van der Waals surface area contributed by atoms with E-state index in [0.717, 1.165) is 11.1 Å². The summed E-state index contributed by atoms with van der Waals surface area (Å²) in [6.45, 7) is 1.83. The van der Waals surface area contributed by atoms with Crippen molar-refractivity contribution in [3.8, 4) is 22.9 Å². The van der Waals surface area contributed by atoms with E-state index in [9.17, 15) is 14.0 Å². The van der Waals surface area contributed by atoms with Gasteiger partial charge in [-0.3, -0.25) is 13.9 Å². The van der Waals surface area contributed by atoms with Crippen molar-refractivity contribution in [2.75, 3.05) is 21.3 Å². The Balaban J connectivity index is 1.90. The maximum absolute atomic E-state index is 14.3. The Hall–Kier alpha value is -4.27. The molecule has 4 rings (SSSR count). The second-order valence-corrected chi connectivity index (χ2v) is 7.91. The number of hydrogen-bond donors (Lipinski definition) is 1. The van der Waals surface area contributed by atoms with Crippen LogP contribution in [0.1, 0.15) is 18.1 Å². The van der Waals surface area contributed by atoms with E-state index in [0.29, 0.717) is 34.0 Å². The monoisotopic (exact) mass is 479 g/mol. The highest BCUT2D eigenvalue weighted by Crippen LogP contribution is 2.38. The molecule has 0 fully saturated rings. The van der Waals surface area contributed by atoms with Crippen molar-refractivity contribution in [1.29, 1.82) is 0 Å². The van der Waals surface area contributed by atoms with Gasteiger partial charge in [0.15, 0.2) is 11.5 Å². The number of ether oxygens (including phenoxy) is 3. The Morgan fingerprint density at radius 2 is 1.63 bits per heavy atom. The zero-order chi connectivity index (χ0) is 25.1. The Labute approximate surface area is 201 Å². The molecule has 0 aliphatic heterocycles. The van der Waals surface area contributed by atoms with Gasteiger partial charge in [-0.25, -0.2) is 9.18 Å². The van der Waals surface area contributed by atoms with E-state index < -0.39 is 5.82 Å². The first-order valence-electron chi connectivity index (χ1n) is 10.9. The lowest BCUT2D eigenvalue weighted by molar-refractivity contribution is -0.119. The Morgan fingerprint density at radius 3 is 2.26 bits per heavy atom. The van der Waals surface area contributed by atoms with Gasteiger partial charge >= 0.3 is 5.69 Å². The molecular weight excluding hydrogens is 453 g/mol. The first kappa shape index (κ1) is 23.9. The van der Waals surface area contributed by atoms with Gasteiger partial charge in [0, 0.05) is 19.5 Å². The van der Waals surface area contributed by atoms with Gasteiger partial charge in [0.1, 0.15) is 5.82 Å². The topological polar surface area (TPSA) is 83.7 Å². The number of hydrogen-bond acceptors (Lipinski definition) is 5. The van der Waals surface area contributed by atoms with Gasteiger partial charge in [-0.1, -0.05) is 18.2 Å². The molecule has 0 spiro atoms. The minimum Gasteiger partial charge on any atom is -0.493 e. The molecule has 0 atom stereocenters. The SMILES string of the molecule is COc1cc(Cn2c(=O)n(-c3ccccc3CNC(C)=O)c3cc(F)ccc32)cc(OC)c1OC. The summed E-state index contributed by atoms with van der Waals surface area (Å²) >= 11 is 0. The number of halogens is 1. The highest BCUT2D eigenvalue weighted by Gasteiger charge is 2.20. The molecule has 0 saturated carbocycles. The lowest BCUT2D eigenvalue weighted by Gasteiger charge is -2.14. The van der Waals surface area contributed by atoms with Crippen LogP contribution in [-0.4, -0.2) is 36.4 Å². The summed E-state index contributed by atoms with van der Waals surface area (Å²) in [5.41, 5.74) is 2.63. The lowest BCUT2D eigenvalue weighted by Crippen LogP contribution is -2.26. The number of imidazole rings is 1. The standard InChI is InChI=1S/C26H26FN3O5/c1-16(31)28-14-18-7-5-6-8-20(18)30-22-13-19(27)9-10-21(22)29(26(30)32)15-17-11-23(33-2)25(35-4)24(12-17)34-3/h5-13H,14-15H2,1-4H3,(H,28,31). The fraction of sp³-hybridized carbons (Fsp3) is 0.231. The van der Waals surface area contributed by atoms with Crippen LogP contribution in [0.15, 0.2) is 59.4 Å². The van der Waals surface area contributed by atoms with Crippen LogP contribution in [0.2, 0.25) is 0 Å². The van der Waals surface area contributed by atoms with Crippen molar-refractivity contribution in [1.82, 2.24) is 14.5 Å². The molecule has 1 amide bonds. The van der Waals surface area contributed by atoms with Crippen LogP contribution < -0.4 is 25.2 Å². The molecule has 1 heterocycles. The minimum absolute atomic E-state index is 0.179. The zero-order valence-corrected chi connectivity index (χ0v) is 19.9. The van der Waals surface area contributed by atoms with E-state index in [1.54, 1.807) is 34.9 Å². The van der Waals surface area contributed by atoms with E-state index in [4.69, 9.17) is 14.2 Å². The third-order valence-corrected chi connectivity index (χ3v) is 5.72. The van der Waals surface area contributed by atoms with Crippen molar-refractivity contribution < 1.29 is 23.4 Å². The number of para-hydroxylation sites is 1. The van der Waals surface area contributed by atoms with Crippen molar-refractivity contribution in [3.05, 3.63) is 82.0 Å². The van der Waals surface area contributed by atoms with Gasteiger partial charge in [0.25, 0.3) is 0 Å². The van der Waals surface area contributed by atoms with E-state index in [1.165, 1.54) is 45.0 Å². The second kappa shape index (κ2) is 9.92. The van der Waals surface area contributed by atoms with E-state index >= 15 is 0 Å². The van der Waals surface area contributed by atoms with Crippen LogP contribution in [-0.2, 0) is 17.9 Å². The summed E-state index contributed by atoms with van der Waals surface area (Å²) in [6.07, 6.45) is 0. The predicted octanol–water partition coefficient (Wildman–Crippen LogP) is 3.64. The van der Waals surface area contributed by atoms with Crippen molar-refractivity contribution in [3.63, 3.8) is 0 Å². The first-order valence-corrected chi connectivity index (χ1v) is 10.9. The van der Waals surface area contributed by atoms with E-state index in [1.807, 2.05) is 12.1 Å².